The molecule has 1 saturated heterocycles. The number of nitriles is 1. The molecule has 24 heavy (non-hydrogen) atoms. The summed E-state index contributed by atoms with van der Waals surface area (Å²) in [5.41, 5.74) is 1.17. The Morgan fingerprint density at radius 1 is 1.25 bits per heavy atom. The summed E-state index contributed by atoms with van der Waals surface area (Å²) >= 11 is 1.76. The molecule has 0 spiro atoms. The largest absolute Gasteiger partial charge is 0.352 e. The highest BCUT2D eigenvalue weighted by Crippen LogP contribution is 2.16. The molecule has 1 N–H and O–H groups in total. The molecule has 1 fully saturated rings. The van der Waals surface area contributed by atoms with Crippen LogP contribution in [-0.4, -0.2) is 47.1 Å². The second kappa shape index (κ2) is 8.50. The zero-order valence-corrected chi connectivity index (χ0v) is 14.3. The van der Waals surface area contributed by atoms with Gasteiger partial charge in [-0.1, -0.05) is 24.3 Å². The Hall–Kier alpha value is -2.33. The second-order valence-electron chi connectivity index (χ2n) is 5.47. The molecule has 1 aliphatic heterocycles. The lowest BCUT2D eigenvalue weighted by Gasteiger charge is -2.27. The minimum absolute atomic E-state index is 0.134. The summed E-state index contributed by atoms with van der Waals surface area (Å²) < 4.78 is 0. The highest BCUT2D eigenvalue weighted by molar-refractivity contribution is 7.99. The Morgan fingerprint density at radius 2 is 1.88 bits per heavy atom. The summed E-state index contributed by atoms with van der Waals surface area (Å²) in [5.74, 6) is -0.664. The Balaban J connectivity index is 2.06. The number of benzene rings is 1. The number of nitrogens with zero attached hydrogens (tertiary/aromatic N) is 2. The summed E-state index contributed by atoms with van der Waals surface area (Å²) in [4.78, 5) is 37.4. The molecule has 1 aliphatic rings. The lowest BCUT2D eigenvalue weighted by molar-refractivity contribution is -0.132. The zero-order valence-electron chi connectivity index (χ0n) is 13.4. The molecule has 0 saturated carbocycles. The van der Waals surface area contributed by atoms with Crippen molar-refractivity contribution in [1.29, 1.82) is 5.26 Å². The van der Waals surface area contributed by atoms with Crippen molar-refractivity contribution >= 4 is 29.4 Å². The summed E-state index contributed by atoms with van der Waals surface area (Å²) in [6.45, 7) is 2.95. The van der Waals surface area contributed by atoms with Gasteiger partial charge in [0, 0.05) is 43.6 Å². The summed E-state index contributed by atoms with van der Waals surface area (Å²) in [5, 5.41) is 12.0. The van der Waals surface area contributed by atoms with E-state index in [0.29, 0.717) is 25.2 Å². The molecule has 1 aromatic carbocycles. The molecule has 0 aliphatic carbocycles. The molecule has 0 bridgehead atoms. The fourth-order valence-electron chi connectivity index (χ4n) is 2.37. The average Bonchev–Trinajstić information content (AvgIpc) is 2.61. The van der Waals surface area contributed by atoms with Crippen LogP contribution in [0.2, 0.25) is 0 Å². The standard InChI is InChI=1S/C17H19N3O3S/c1-12(21)19-11-13-2-4-14(5-3-13)16(22)15(10-18)17(23)20-6-8-24-9-7-20/h2-5,15H,6-9,11H2,1H3,(H,19,21)/t15-/m0/s1. The van der Waals surface area contributed by atoms with E-state index in [4.69, 9.17) is 0 Å². The number of hydrogen-bond donors (Lipinski definition) is 1. The van der Waals surface area contributed by atoms with Crippen molar-refractivity contribution in [2.75, 3.05) is 24.6 Å². The van der Waals surface area contributed by atoms with Crippen molar-refractivity contribution < 1.29 is 14.4 Å². The highest BCUT2D eigenvalue weighted by atomic mass is 32.2. The van der Waals surface area contributed by atoms with E-state index in [0.717, 1.165) is 17.1 Å². The number of hydrogen-bond acceptors (Lipinski definition) is 5. The van der Waals surface area contributed by atoms with Gasteiger partial charge in [-0.05, 0) is 5.56 Å². The van der Waals surface area contributed by atoms with Crippen LogP contribution in [0.1, 0.15) is 22.8 Å². The molecule has 2 amide bonds. The molecule has 6 nitrogen and oxygen atoms in total. The first-order valence-corrected chi connectivity index (χ1v) is 8.82. The summed E-state index contributed by atoms with van der Waals surface area (Å²) in [6, 6.07) is 8.44. The smallest absolute Gasteiger partial charge is 0.248 e. The van der Waals surface area contributed by atoms with E-state index in [2.05, 4.69) is 5.32 Å². The molecular weight excluding hydrogens is 326 g/mol. The van der Waals surface area contributed by atoms with Gasteiger partial charge in [0.2, 0.25) is 11.8 Å². The Kier molecular flexibility index (Phi) is 6.38. The molecule has 1 atom stereocenters. The van der Waals surface area contributed by atoms with E-state index in [1.54, 1.807) is 40.9 Å². The van der Waals surface area contributed by atoms with Crippen LogP contribution in [0.5, 0.6) is 0 Å². The number of carbonyl (C=O) groups excluding carboxylic acids is 3. The predicted molar refractivity (Wildman–Crippen MR) is 91.3 cm³/mol. The predicted octanol–water partition coefficient (Wildman–Crippen LogP) is 1.22. The number of Topliss-reactive ketones (excluding diaryl/α,β-unsaturated/α-hetero) is 1. The topological polar surface area (TPSA) is 90.3 Å². The Bertz CT molecular complexity index is 661. The van der Waals surface area contributed by atoms with Gasteiger partial charge in [-0.3, -0.25) is 14.4 Å². The summed E-state index contributed by atoms with van der Waals surface area (Å²) in [6.07, 6.45) is 0. The van der Waals surface area contributed by atoms with Gasteiger partial charge in [0.05, 0.1) is 6.07 Å². The third-order valence-electron chi connectivity index (χ3n) is 3.74. The Labute approximate surface area is 145 Å². The fourth-order valence-corrected chi connectivity index (χ4v) is 3.28. The number of ketones is 1. The fraction of sp³-hybridized carbons (Fsp3) is 0.412. The van der Waals surface area contributed by atoms with E-state index in [-0.39, 0.29) is 5.91 Å². The van der Waals surface area contributed by atoms with Crippen LogP contribution in [0.15, 0.2) is 24.3 Å². The van der Waals surface area contributed by atoms with Crippen LogP contribution < -0.4 is 5.32 Å². The molecule has 1 heterocycles. The maximum atomic E-state index is 12.5. The van der Waals surface area contributed by atoms with E-state index in [1.165, 1.54) is 6.92 Å². The monoisotopic (exact) mass is 345 g/mol. The van der Waals surface area contributed by atoms with Crippen molar-refractivity contribution in [1.82, 2.24) is 10.2 Å². The molecule has 1 aromatic rings. The number of thioether (sulfide) groups is 1. The number of nitrogens with one attached hydrogen (secondary N) is 1. The van der Waals surface area contributed by atoms with Crippen LogP contribution in [0, 0.1) is 17.2 Å². The first kappa shape index (κ1) is 18.0. The number of amides is 2. The van der Waals surface area contributed by atoms with Crippen molar-refractivity contribution in [3.63, 3.8) is 0 Å². The van der Waals surface area contributed by atoms with Gasteiger partial charge < -0.3 is 10.2 Å². The van der Waals surface area contributed by atoms with Crippen LogP contribution >= 0.6 is 11.8 Å². The first-order valence-electron chi connectivity index (χ1n) is 7.66. The molecule has 0 radical (unpaired) electrons. The molecule has 7 heteroatoms. The van der Waals surface area contributed by atoms with Crippen LogP contribution in [0.3, 0.4) is 0 Å². The Morgan fingerprint density at radius 3 is 2.42 bits per heavy atom. The minimum Gasteiger partial charge on any atom is -0.352 e. The third-order valence-corrected chi connectivity index (χ3v) is 4.68. The molecule has 0 aromatic heterocycles. The van der Waals surface area contributed by atoms with E-state index < -0.39 is 17.6 Å². The number of carbonyl (C=O) groups is 3. The first-order chi connectivity index (χ1) is 11.5. The molecular formula is C17H19N3O3S. The molecule has 126 valence electrons. The SMILES string of the molecule is CC(=O)NCc1ccc(C(=O)[C@H](C#N)C(=O)N2CCSCC2)cc1. The summed E-state index contributed by atoms with van der Waals surface area (Å²) in [7, 11) is 0. The zero-order chi connectivity index (χ0) is 17.5. The maximum Gasteiger partial charge on any atom is 0.248 e. The third kappa shape index (κ3) is 4.59. The van der Waals surface area contributed by atoms with Gasteiger partial charge in [-0.25, -0.2) is 0 Å². The molecule has 0 unspecified atom stereocenters. The van der Waals surface area contributed by atoms with Gasteiger partial charge in [-0.2, -0.15) is 17.0 Å². The average molecular weight is 345 g/mol. The quantitative estimate of drug-likeness (QED) is 0.640. The van der Waals surface area contributed by atoms with Crippen molar-refractivity contribution in [2.45, 2.75) is 13.5 Å². The van der Waals surface area contributed by atoms with Gasteiger partial charge in [0.1, 0.15) is 0 Å². The van der Waals surface area contributed by atoms with Crippen molar-refractivity contribution in [3.05, 3.63) is 35.4 Å². The molecule has 2 rings (SSSR count). The lowest BCUT2D eigenvalue weighted by Crippen LogP contribution is -2.43. The highest BCUT2D eigenvalue weighted by Gasteiger charge is 2.32. The van der Waals surface area contributed by atoms with Crippen LogP contribution in [0.25, 0.3) is 0 Å². The lowest BCUT2D eigenvalue weighted by atomic mass is 9.96. The van der Waals surface area contributed by atoms with Gasteiger partial charge >= 0.3 is 0 Å². The van der Waals surface area contributed by atoms with Crippen LogP contribution in [-0.2, 0) is 16.1 Å². The second-order valence-corrected chi connectivity index (χ2v) is 6.70. The van der Waals surface area contributed by atoms with Crippen molar-refractivity contribution in [2.24, 2.45) is 5.92 Å². The van der Waals surface area contributed by atoms with Gasteiger partial charge in [-0.15, -0.1) is 0 Å². The van der Waals surface area contributed by atoms with Gasteiger partial charge in [0.25, 0.3) is 0 Å². The van der Waals surface area contributed by atoms with Crippen molar-refractivity contribution in [3.8, 4) is 6.07 Å². The number of rotatable bonds is 5. The van der Waals surface area contributed by atoms with E-state index in [1.807, 2.05) is 6.07 Å². The van der Waals surface area contributed by atoms with Gasteiger partial charge in [0.15, 0.2) is 11.7 Å². The van der Waals surface area contributed by atoms with Crippen LogP contribution in [0.4, 0.5) is 0 Å². The minimum atomic E-state index is -1.30. The van der Waals surface area contributed by atoms with E-state index >= 15 is 0 Å². The maximum absolute atomic E-state index is 12.5. The normalized spacial score (nSPS) is 15.2. The van der Waals surface area contributed by atoms with E-state index in [9.17, 15) is 19.6 Å².